The van der Waals surface area contributed by atoms with Gasteiger partial charge in [0.05, 0.1) is 6.04 Å². The number of aromatic hydroxyl groups is 1. The van der Waals surface area contributed by atoms with Gasteiger partial charge in [-0.25, -0.2) is 0 Å². The fraction of sp³-hybridized carbons (Fsp3) is 0.538. The lowest BCUT2D eigenvalue weighted by molar-refractivity contribution is 0.0844. The highest BCUT2D eigenvalue weighted by Crippen LogP contribution is 2.47. The molecule has 0 aliphatic carbocycles. The first kappa shape index (κ1) is 11.4. The molecule has 0 amide bonds. The third-order valence-corrected chi connectivity index (χ3v) is 4.64. The number of likely N-dealkylation sites (tertiary alicyclic amines) is 1. The van der Waals surface area contributed by atoms with Gasteiger partial charge < -0.3 is 9.84 Å². The van der Waals surface area contributed by atoms with Crippen LogP contribution in [0.1, 0.15) is 24.3 Å². The molecule has 0 spiro atoms. The van der Waals surface area contributed by atoms with Crippen LogP contribution in [0.5, 0.6) is 11.5 Å². The Balaban J connectivity index is 2.09. The molecule has 2 aliphatic heterocycles. The Morgan fingerprint density at radius 3 is 3.12 bits per heavy atom. The Bertz CT molecular complexity index is 449. The maximum Gasteiger partial charge on any atom is 0.165 e. The van der Waals surface area contributed by atoms with E-state index in [-0.39, 0.29) is 5.75 Å². The van der Waals surface area contributed by atoms with Crippen LogP contribution in [-0.2, 0) is 0 Å². The number of hydrogen-bond donors (Lipinski definition) is 1. The van der Waals surface area contributed by atoms with Crippen molar-refractivity contribution in [1.82, 2.24) is 4.90 Å². The van der Waals surface area contributed by atoms with E-state index in [4.69, 9.17) is 4.74 Å². The molecule has 2 atom stereocenters. The van der Waals surface area contributed by atoms with Crippen molar-refractivity contribution in [3.05, 3.63) is 22.2 Å². The van der Waals surface area contributed by atoms with Gasteiger partial charge in [-0.1, -0.05) is 15.9 Å². The van der Waals surface area contributed by atoms with Crippen molar-refractivity contribution in [2.75, 3.05) is 20.2 Å². The van der Waals surface area contributed by atoms with Gasteiger partial charge in [-0.15, -0.1) is 0 Å². The number of piperidine rings is 1. The maximum absolute atomic E-state index is 9.88. The molecule has 92 valence electrons. The summed E-state index contributed by atoms with van der Waals surface area (Å²) in [7, 11) is 2.15. The number of fused-ring (bicyclic) bond motifs is 3. The molecule has 2 heterocycles. The molecule has 3 rings (SSSR count). The maximum atomic E-state index is 9.88. The molecule has 0 aromatic heterocycles. The molecular weight excluding hydrogens is 282 g/mol. The van der Waals surface area contributed by atoms with Crippen LogP contribution in [0.4, 0.5) is 0 Å². The quantitative estimate of drug-likeness (QED) is 0.799. The van der Waals surface area contributed by atoms with E-state index in [1.807, 2.05) is 6.07 Å². The second-order valence-corrected chi connectivity index (χ2v) is 5.77. The number of phenols is 1. The lowest BCUT2D eigenvalue weighted by Crippen LogP contribution is -2.47. The number of ether oxygens (including phenoxy) is 1. The molecule has 1 N–H and O–H groups in total. The summed E-state index contributed by atoms with van der Waals surface area (Å²) in [6, 6.07) is 4.04. The van der Waals surface area contributed by atoms with Crippen LogP contribution < -0.4 is 4.74 Å². The number of likely N-dealkylation sites (N-methyl/N-ethyl adjacent to an activating group) is 1. The molecule has 2 aliphatic rings. The van der Waals surface area contributed by atoms with Crippen molar-refractivity contribution in [2.24, 2.45) is 0 Å². The van der Waals surface area contributed by atoms with E-state index in [1.165, 1.54) is 12.8 Å². The van der Waals surface area contributed by atoms with E-state index in [0.717, 1.165) is 16.6 Å². The first-order valence-corrected chi connectivity index (χ1v) is 6.82. The average Bonchev–Trinajstić information content (AvgIpc) is 2.33. The molecule has 17 heavy (non-hydrogen) atoms. The summed E-state index contributed by atoms with van der Waals surface area (Å²) in [5.41, 5.74) is 1.15. The van der Waals surface area contributed by atoms with Gasteiger partial charge in [-0.3, -0.25) is 4.90 Å². The smallest absolute Gasteiger partial charge is 0.165 e. The standard InChI is InChI=1S/C13H16BrNO2/c1-15-6-2-3-8-10(15)7-17-13-11(16)5-4-9(14)12(8)13/h4-5,8,10,16H,2-3,6-7H2,1H3/t8-,10+/m0/s1. The molecule has 0 unspecified atom stereocenters. The van der Waals surface area contributed by atoms with E-state index in [0.29, 0.717) is 24.3 Å². The lowest BCUT2D eigenvalue weighted by atomic mass is 9.82. The van der Waals surface area contributed by atoms with Crippen LogP contribution in [0.3, 0.4) is 0 Å². The van der Waals surface area contributed by atoms with Crippen molar-refractivity contribution < 1.29 is 9.84 Å². The Kier molecular flexibility index (Phi) is 2.79. The predicted molar refractivity (Wildman–Crippen MR) is 69.7 cm³/mol. The van der Waals surface area contributed by atoms with Crippen molar-refractivity contribution in [3.8, 4) is 11.5 Å². The molecule has 1 saturated heterocycles. The largest absolute Gasteiger partial charge is 0.504 e. The fourth-order valence-electron chi connectivity index (χ4n) is 3.04. The highest BCUT2D eigenvalue weighted by molar-refractivity contribution is 9.10. The zero-order valence-electron chi connectivity index (χ0n) is 9.82. The minimum absolute atomic E-state index is 0.259. The van der Waals surface area contributed by atoms with Crippen molar-refractivity contribution in [3.63, 3.8) is 0 Å². The summed E-state index contributed by atoms with van der Waals surface area (Å²) in [6.45, 7) is 1.81. The average molecular weight is 298 g/mol. The second kappa shape index (κ2) is 4.18. The van der Waals surface area contributed by atoms with Gasteiger partial charge >= 0.3 is 0 Å². The van der Waals surface area contributed by atoms with Gasteiger partial charge in [0, 0.05) is 16.0 Å². The minimum Gasteiger partial charge on any atom is -0.504 e. The predicted octanol–water partition coefficient (Wildman–Crippen LogP) is 2.72. The molecule has 0 bridgehead atoms. The van der Waals surface area contributed by atoms with Crippen molar-refractivity contribution >= 4 is 15.9 Å². The Labute approximate surface area is 110 Å². The van der Waals surface area contributed by atoms with E-state index in [9.17, 15) is 5.11 Å². The number of rotatable bonds is 0. The Hall–Kier alpha value is -0.740. The molecule has 4 heteroatoms. The van der Waals surface area contributed by atoms with Crippen LogP contribution in [0.25, 0.3) is 0 Å². The first-order chi connectivity index (χ1) is 8.18. The molecule has 1 aromatic carbocycles. The SMILES string of the molecule is CN1CCC[C@@H]2c3c(Br)ccc(O)c3OC[C@H]21. The van der Waals surface area contributed by atoms with Crippen LogP contribution >= 0.6 is 15.9 Å². The number of hydrogen-bond acceptors (Lipinski definition) is 3. The number of phenolic OH excluding ortho intramolecular Hbond substituents is 1. The molecule has 1 fully saturated rings. The molecular formula is C13H16BrNO2. The number of nitrogens with zero attached hydrogens (tertiary/aromatic N) is 1. The van der Waals surface area contributed by atoms with Crippen LogP contribution in [0.2, 0.25) is 0 Å². The topological polar surface area (TPSA) is 32.7 Å². The monoisotopic (exact) mass is 297 g/mol. The lowest BCUT2D eigenvalue weighted by Gasteiger charge is -2.43. The molecule has 0 radical (unpaired) electrons. The summed E-state index contributed by atoms with van der Waals surface area (Å²) in [6.07, 6.45) is 2.38. The van der Waals surface area contributed by atoms with Crippen molar-refractivity contribution in [1.29, 1.82) is 0 Å². The number of halogens is 1. The van der Waals surface area contributed by atoms with Gasteiger partial charge in [-0.2, -0.15) is 0 Å². The van der Waals surface area contributed by atoms with Crippen LogP contribution in [0, 0.1) is 0 Å². The van der Waals surface area contributed by atoms with Gasteiger partial charge in [0.1, 0.15) is 6.61 Å². The zero-order chi connectivity index (χ0) is 12.0. The van der Waals surface area contributed by atoms with Gasteiger partial charge in [-0.05, 0) is 38.6 Å². The highest BCUT2D eigenvalue weighted by atomic mass is 79.9. The Morgan fingerprint density at radius 1 is 1.47 bits per heavy atom. The third kappa shape index (κ3) is 1.74. The summed E-state index contributed by atoms with van der Waals surface area (Å²) >= 11 is 3.59. The van der Waals surface area contributed by atoms with Gasteiger partial charge in [0.15, 0.2) is 11.5 Å². The molecule has 1 aromatic rings. The van der Waals surface area contributed by atoms with Gasteiger partial charge in [0.2, 0.25) is 0 Å². The van der Waals surface area contributed by atoms with Gasteiger partial charge in [0.25, 0.3) is 0 Å². The van der Waals surface area contributed by atoms with E-state index in [1.54, 1.807) is 6.07 Å². The van der Waals surface area contributed by atoms with Crippen LogP contribution in [0.15, 0.2) is 16.6 Å². The second-order valence-electron chi connectivity index (χ2n) is 4.92. The summed E-state index contributed by atoms with van der Waals surface area (Å²) < 4.78 is 6.80. The fourth-order valence-corrected chi connectivity index (χ4v) is 3.64. The number of benzene rings is 1. The Morgan fingerprint density at radius 2 is 2.29 bits per heavy atom. The van der Waals surface area contributed by atoms with Crippen LogP contribution in [-0.4, -0.2) is 36.2 Å². The minimum atomic E-state index is 0.259. The van der Waals surface area contributed by atoms with E-state index < -0.39 is 0 Å². The summed E-state index contributed by atoms with van der Waals surface area (Å²) in [5, 5.41) is 9.88. The zero-order valence-corrected chi connectivity index (χ0v) is 11.4. The molecule has 0 saturated carbocycles. The van der Waals surface area contributed by atoms with E-state index >= 15 is 0 Å². The van der Waals surface area contributed by atoms with E-state index in [2.05, 4.69) is 27.9 Å². The molecule has 3 nitrogen and oxygen atoms in total. The summed E-state index contributed by atoms with van der Waals surface area (Å²) in [4.78, 5) is 2.37. The summed E-state index contributed by atoms with van der Waals surface area (Å²) in [5.74, 6) is 1.41. The third-order valence-electron chi connectivity index (χ3n) is 3.95. The first-order valence-electron chi connectivity index (χ1n) is 6.03. The highest BCUT2D eigenvalue weighted by Gasteiger charge is 2.38. The normalized spacial score (nSPS) is 28.1. The van der Waals surface area contributed by atoms with Crippen molar-refractivity contribution in [2.45, 2.75) is 24.8 Å².